The van der Waals surface area contributed by atoms with Crippen molar-refractivity contribution in [2.45, 2.75) is 57.7 Å². The molecule has 28 heavy (non-hydrogen) atoms. The van der Waals surface area contributed by atoms with Gasteiger partial charge in [-0.3, -0.25) is 19.2 Å². The van der Waals surface area contributed by atoms with E-state index in [0.717, 1.165) is 13.0 Å². The number of carbonyl (C=O) groups excluding carboxylic acids is 4. The third kappa shape index (κ3) is 8.33. The second-order valence-corrected chi connectivity index (χ2v) is 7.19. The number of carboxylic acids is 1. The Hall–Kier alpha value is -2.69. The monoisotopic (exact) mass is 399 g/mol. The number of aliphatic carboxylic acids is 1. The first-order chi connectivity index (χ1) is 13.1. The highest BCUT2D eigenvalue weighted by molar-refractivity contribution is 5.93. The molecule has 0 bridgehead atoms. The molecule has 0 spiro atoms. The molecule has 11 nitrogen and oxygen atoms in total. The van der Waals surface area contributed by atoms with E-state index in [1.165, 1.54) is 0 Å². The van der Waals surface area contributed by atoms with Crippen LogP contribution in [0.2, 0.25) is 0 Å². The minimum absolute atomic E-state index is 0.0211. The lowest BCUT2D eigenvalue weighted by Crippen LogP contribution is -2.54. The van der Waals surface area contributed by atoms with E-state index in [1.807, 2.05) is 13.8 Å². The lowest BCUT2D eigenvalue weighted by molar-refractivity contribution is -0.143. The minimum atomic E-state index is -1.48. The van der Waals surface area contributed by atoms with Gasteiger partial charge in [-0.05, 0) is 31.7 Å². The molecule has 3 unspecified atom stereocenters. The fraction of sp³-hybridized carbons (Fsp3) is 0.706. The van der Waals surface area contributed by atoms with E-state index in [-0.39, 0.29) is 30.8 Å². The summed E-state index contributed by atoms with van der Waals surface area (Å²) < 4.78 is 0. The van der Waals surface area contributed by atoms with Gasteiger partial charge < -0.3 is 32.1 Å². The van der Waals surface area contributed by atoms with Gasteiger partial charge in [-0.15, -0.1) is 0 Å². The van der Waals surface area contributed by atoms with Crippen molar-refractivity contribution in [1.82, 2.24) is 21.3 Å². The molecule has 1 aliphatic heterocycles. The number of hydrogen-bond donors (Lipinski definition) is 6. The number of primary amides is 1. The maximum absolute atomic E-state index is 12.4. The van der Waals surface area contributed by atoms with Crippen LogP contribution >= 0.6 is 0 Å². The molecule has 0 saturated carbocycles. The summed E-state index contributed by atoms with van der Waals surface area (Å²) in [5, 5.41) is 19.3. The zero-order valence-corrected chi connectivity index (χ0v) is 16.1. The summed E-state index contributed by atoms with van der Waals surface area (Å²) >= 11 is 0. The van der Waals surface area contributed by atoms with Gasteiger partial charge in [-0.2, -0.15) is 0 Å². The predicted molar refractivity (Wildman–Crippen MR) is 98.8 cm³/mol. The van der Waals surface area contributed by atoms with Gasteiger partial charge in [0, 0.05) is 0 Å². The van der Waals surface area contributed by atoms with Gasteiger partial charge in [0.1, 0.15) is 12.1 Å². The number of rotatable bonds is 11. The van der Waals surface area contributed by atoms with Crippen molar-refractivity contribution in [1.29, 1.82) is 0 Å². The van der Waals surface area contributed by atoms with E-state index < -0.39 is 42.2 Å². The average molecular weight is 399 g/mol. The largest absolute Gasteiger partial charge is 0.480 e. The maximum atomic E-state index is 12.4. The Kier molecular flexibility index (Phi) is 9.36. The molecule has 3 atom stereocenters. The Labute approximate surface area is 163 Å². The summed E-state index contributed by atoms with van der Waals surface area (Å²) in [7, 11) is 0. The highest BCUT2D eigenvalue weighted by atomic mass is 16.4. The highest BCUT2D eigenvalue weighted by Crippen LogP contribution is 2.07. The SMILES string of the molecule is CC(C)CC(NC(=O)CNC(=O)C1CCCN1)C(=O)NC(CC(N)=O)C(=O)O. The molecule has 0 aromatic heterocycles. The molecule has 11 heteroatoms. The molecule has 4 amide bonds. The molecule has 0 radical (unpaired) electrons. The van der Waals surface area contributed by atoms with Crippen LogP contribution < -0.4 is 27.0 Å². The van der Waals surface area contributed by atoms with Gasteiger partial charge in [0.25, 0.3) is 0 Å². The van der Waals surface area contributed by atoms with E-state index in [2.05, 4.69) is 21.3 Å². The third-order valence-electron chi connectivity index (χ3n) is 4.18. The predicted octanol–water partition coefficient (Wildman–Crippen LogP) is -2.17. The molecule has 1 aliphatic rings. The molecule has 0 aromatic carbocycles. The quantitative estimate of drug-likeness (QED) is 0.229. The number of carbonyl (C=O) groups is 5. The summed E-state index contributed by atoms with van der Waals surface area (Å²) in [6, 6.07) is -2.82. The van der Waals surface area contributed by atoms with Gasteiger partial charge >= 0.3 is 5.97 Å². The van der Waals surface area contributed by atoms with Gasteiger partial charge in [0.2, 0.25) is 23.6 Å². The average Bonchev–Trinajstić information content (AvgIpc) is 3.12. The zero-order chi connectivity index (χ0) is 21.3. The summed E-state index contributed by atoms with van der Waals surface area (Å²) in [5.41, 5.74) is 5.00. The summed E-state index contributed by atoms with van der Waals surface area (Å²) in [4.78, 5) is 58.6. The Balaban J connectivity index is 2.63. The molecule has 1 heterocycles. The summed E-state index contributed by atoms with van der Waals surface area (Å²) in [6.45, 7) is 4.11. The molecule has 158 valence electrons. The Morgan fingerprint density at radius 2 is 1.82 bits per heavy atom. The number of carboxylic acid groups (broad SMARTS) is 1. The van der Waals surface area contributed by atoms with E-state index in [4.69, 9.17) is 10.8 Å². The first-order valence-corrected chi connectivity index (χ1v) is 9.22. The van der Waals surface area contributed by atoms with Crippen LogP contribution in [-0.4, -0.2) is 65.9 Å². The van der Waals surface area contributed by atoms with Crippen molar-refractivity contribution < 1.29 is 29.1 Å². The van der Waals surface area contributed by atoms with Gasteiger partial charge in [0.05, 0.1) is 19.0 Å². The smallest absolute Gasteiger partial charge is 0.326 e. The lowest BCUT2D eigenvalue weighted by Gasteiger charge is -2.22. The van der Waals surface area contributed by atoms with Crippen molar-refractivity contribution in [3.05, 3.63) is 0 Å². The van der Waals surface area contributed by atoms with Crippen LogP contribution in [-0.2, 0) is 24.0 Å². The van der Waals surface area contributed by atoms with E-state index >= 15 is 0 Å². The second kappa shape index (κ2) is 11.2. The van der Waals surface area contributed by atoms with Crippen LogP contribution in [0.3, 0.4) is 0 Å². The molecule has 0 aromatic rings. The molecule has 1 saturated heterocycles. The van der Waals surface area contributed by atoms with Crippen molar-refractivity contribution in [2.75, 3.05) is 13.1 Å². The van der Waals surface area contributed by atoms with Crippen molar-refractivity contribution in [2.24, 2.45) is 11.7 Å². The van der Waals surface area contributed by atoms with E-state index in [1.54, 1.807) is 0 Å². The Morgan fingerprint density at radius 3 is 2.32 bits per heavy atom. The van der Waals surface area contributed by atoms with E-state index in [0.29, 0.717) is 6.42 Å². The fourth-order valence-electron chi connectivity index (χ4n) is 2.82. The molecule has 1 fully saturated rings. The molecule has 1 rings (SSSR count). The number of nitrogens with two attached hydrogens (primary N) is 1. The number of hydrogen-bond acceptors (Lipinski definition) is 6. The fourth-order valence-corrected chi connectivity index (χ4v) is 2.82. The summed E-state index contributed by atoms with van der Waals surface area (Å²) in [6.07, 6.45) is 1.27. The van der Waals surface area contributed by atoms with Crippen molar-refractivity contribution >= 4 is 29.6 Å². The summed E-state index contributed by atoms with van der Waals surface area (Å²) in [5.74, 6) is -3.86. The van der Waals surface area contributed by atoms with Crippen molar-refractivity contribution in [3.63, 3.8) is 0 Å². The first kappa shape index (κ1) is 23.3. The Bertz CT molecular complexity index is 603. The van der Waals surface area contributed by atoms with Crippen LogP contribution in [0.25, 0.3) is 0 Å². The standard InChI is InChI=1S/C17H29N5O6/c1-9(2)6-11(16(26)22-12(17(27)28)7-13(18)23)21-14(24)8-20-15(25)10-4-3-5-19-10/h9-12,19H,3-8H2,1-2H3,(H2,18,23)(H,20,25)(H,21,24)(H,22,26)(H,27,28). The topological polar surface area (TPSA) is 180 Å². The normalized spacial score (nSPS) is 18.2. The maximum Gasteiger partial charge on any atom is 0.326 e. The second-order valence-electron chi connectivity index (χ2n) is 7.19. The van der Waals surface area contributed by atoms with Gasteiger partial charge in [-0.25, -0.2) is 4.79 Å². The first-order valence-electron chi connectivity index (χ1n) is 9.22. The van der Waals surface area contributed by atoms with Gasteiger partial charge in [0.15, 0.2) is 0 Å². The van der Waals surface area contributed by atoms with Crippen LogP contribution in [0.5, 0.6) is 0 Å². The van der Waals surface area contributed by atoms with Crippen LogP contribution in [0.4, 0.5) is 0 Å². The molecule has 7 N–H and O–H groups in total. The molecular formula is C17H29N5O6. The number of nitrogens with one attached hydrogen (secondary N) is 4. The van der Waals surface area contributed by atoms with Crippen LogP contribution in [0.15, 0.2) is 0 Å². The van der Waals surface area contributed by atoms with Crippen LogP contribution in [0, 0.1) is 5.92 Å². The molecule has 0 aliphatic carbocycles. The lowest BCUT2D eigenvalue weighted by atomic mass is 10.0. The van der Waals surface area contributed by atoms with Crippen LogP contribution in [0.1, 0.15) is 39.5 Å². The Morgan fingerprint density at radius 1 is 1.14 bits per heavy atom. The molecular weight excluding hydrogens is 370 g/mol. The van der Waals surface area contributed by atoms with E-state index in [9.17, 15) is 24.0 Å². The highest BCUT2D eigenvalue weighted by Gasteiger charge is 2.28. The minimum Gasteiger partial charge on any atom is -0.480 e. The van der Waals surface area contributed by atoms with Crippen molar-refractivity contribution in [3.8, 4) is 0 Å². The number of amides is 4. The van der Waals surface area contributed by atoms with Gasteiger partial charge in [-0.1, -0.05) is 13.8 Å². The zero-order valence-electron chi connectivity index (χ0n) is 16.1. The third-order valence-corrected chi connectivity index (χ3v) is 4.18.